The summed E-state index contributed by atoms with van der Waals surface area (Å²) in [5.41, 5.74) is 2.66. The van der Waals surface area contributed by atoms with Crippen molar-refractivity contribution >= 4 is 15.9 Å². The summed E-state index contributed by atoms with van der Waals surface area (Å²) >= 11 is 3.37. The number of benzene rings is 1. The third-order valence-corrected chi connectivity index (χ3v) is 2.58. The van der Waals surface area contributed by atoms with Crippen LogP contribution in [-0.4, -0.2) is 5.33 Å². The molecule has 0 saturated heterocycles. The van der Waals surface area contributed by atoms with Gasteiger partial charge in [-0.25, -0.2) is 0 Å². The average Bonchev–Trinajstić information content (AvgIpc) is 2.17. The van der Waals surface area contributed by atoms with E-state index in [4.69, 9.17) is 0 Å². The van der Waals surface area contributed by atoms with Crippen molar-refractivity contribution in [2.45, 2.75) is 32.6 Å². The molecule has 1 aromatic carbocycles. The van der Waals surface area contributed by atoms with Crippen molar-refractivity contribution in [3.8, 4) is 11.8 Å². The molecule has 0 saturated carbocycles. The summed E-state index contributed by atoms with van der Waals surface area (Å²) in [4.78, 5) is 0. The normalized spacial score (nSPS) is 10.7. The van der Waals surface area contributed by atoms with Crippen molar-refractivity contribution in [1.82, 2.24) is 0 Å². The molecule has 0 fully saturated rings. The van der Waals surface area contributed by atoms with Crippen LogP contribution in [0.4, 0.5) is 0 Å². The van der Waals surface area contributed by atoms with Gasteiger partial charge in [-0.1, -0.05) is 60.7 Å². The summed E-state index contributed by atoms with van der Waals surface area (Å²) in [6, 6.07) is 8.49. The highest BCUT2D eigenvalue weighted by atomic mass is 79.9. The van der Waals surface area contributed by atoms with E-state index in [1.807, 2.05) is 0 Å². The summed E-state index contributed by atoms with van der Waals surface area (Å²) < 4.78 is 0. The van der Waals surface area contributed by atoms with E-state index >= 15 is 0 Å². The van der Waals surface area contributed by atoms with E-state index in [-0.39, 0.29) is 5.41 Å². The van der Waals surface area contributed by atoms with E-state index in [0.29, 0.717) is 0 Å². The van der Waals surface area contributed by atoms with Crippen LogP contribution in [0.2, 0.25) is 0 Å². The fourth-order valence-electron chi connectivity index (χ4n) is 1.28. The molecule has 0 bridgehead atoms. The molecular weight excluding hydrogens is 248 g/mol. The average molecular weight is 265 g/mol. The second-order valence-electron chi connectivity index (χ2n) is 4.57. The predicted octanol–water partition coefficient (Wildman–Crippen LogP) is 4.12. The lowest BCUT2D eigenvalue weighted by Gasteiger charge is -2.18. The van der Waals surface area contributed by atoms with Crippen LogP contribution in [0.15, 0.2) is 24.3 Å². The molecule has 0 nitrogen and oxygen atoms in total. The summed E-state index contributed by atoms with van der Waals surface area (Å²) in [6.07, 6.45) is 0.903. The van der Waals surface area contributed by atoms with Gasteiger partial charge in [-0.3, -0.25) is 0 Å². The van der Waals surface area contributed by atoms with E-state index in [9.17, 15) is 0 Å². The van der Waals surface area contributed by atoms with Crippen LogP contribution in [0, 0.1) is 11.8 Å². The first-order valence-electron chi connectivity index (χ1n) is 5.19. The maximum absolute atomic E-state index is 3.37. The standard InChI is InChI=1S/C14H17Br/c1-14(2,3)13-9-6-8-12(11-13)7-4-5-10-15/h6,8-9,11H,5,10H2,1-3H3. The van der Waals surface area contributed by atoms with E-state index in [2.05, 4.69) is 72.8 Å². The lowest BCUT2D eigenvalue weighted by Crippen LogP contribution is -2.10. The molecule has 0 amide bonds. The van der Waals surface area contributed by atoms with Crippen LogP contribution in [0.1, 0.15) is 38.3 Å². The topological polar surface area (TPSA) is 0 Å². The van der Waals surface area contributed by atoms with Crippen molar-refractivity contribution in [1.29, 1.82) is 0 Å². The second kappa shape index (κ2) is 5.37. The van der Waals surface area contributed by atoms with Gasteiger partial charge in [0.25, 0.3) is 0 Å². The summed E-state index contributed by atoms with van der Waals surface area (Å²) in [7, 11) is 0. The first-order chi connectivity index (χ1) is 7.04. The quantitative estimate of drug-likeness (QED) is 0.529. The lowest BCUT2D eigenvalue weighted by molar-refractivity contribution is 0.590. The van der Waals surface area contributed by atoms with E-state index < -0.39 is 0 Å². The number of alkyl halides is 1. The summed E-state index contributed by atoms with van der Waals surface area (Å²) in [5.74, 6) is 6.31. The molecule has 1 aromatic rings. The molecule has 0 aliphatic rings. The fourth-order valence-corrected chi connectivity index (χ4v) is 1.47. The van der Waals surface area contributed by atoms with Crippen LogP contribution < -0.4 is 0 Å². The minimum atomic E-state index is 0.202. The Balaban J connectivity index is 2.90. The number of rotatable bonds is 1. The van der Waals surface area contributed by atoms with E-state index in [1.165, 1.54) is 5.56 Å². The first-order valence-corrected chi connectivity index (χ1v) is 6.31. The molecule has 0 atom stereocenters. The zero-order valence-electron chi connectivity index (χ0n) is 9.60. The van der Waals surface area contributed by atoms with Crippen molar-refractivity contribution in [2.24, 2.45) is 0 Å². The third kappa shape index (κ3) is 4.10. The minimum Gasteiger partial charge on any atom is -0.0970 e. The van der Waals surface area contributed by atoms with Gasteiger partial charge in [0.15, 0.2) is 0 Å². The molecular formula is C14H17Br. The van der Waals surface area contributed by atoms with Crippen LogP contribution in [0.25, 0.3) is 0 Å². The van der Waals surface area contributed by atoms with Crippen molar-refractivity contribution in [3.05, 3.63) is 35.4 Å². The van der Waals surface area contributed by atoms with E-state index in [1.54, 1.807) is 0 Å². The smallest absolute Gasteiger partial charge is 0.0248 e. The van der Waals surface area contributed by atoms with Gasteiger partial charge >= 0.3 is 0 Å². The Hall–Kier alpha value is -0.740. The molecule has 0 N–H and O–H groups in total. The van der Waals surface area contributed by atoms with Crippen molar-refractivity contribution < 1.29 is 0 Å². The molecule has 0 aliphatic carbocycles. The highest BCUT2D eigenvalue weighted by molar-refractivity contribution is 9.09. The molecule has 0 aromatic heterocycles. The van der Waals surface area contributed by atoms with Gasteiger partial charge in [0.1, 0.15) is 0 Å². The zero-order chi connectivity index (χ0) is 11.3. The van der Waals surface area contributed by atoms with Crippen molar-refractivity contribution in [3.63, 3.8) is 0 Å². The monoisotopic (exact) mass is 264 g/mol. The Morgan fingerprint density at radius 2 is 2.00 bits per heavy atom. The van der Waals surface area contributed by atoms with Gasteiger partial charge in [0.2, 0.25) is 0 Å². The Morgan fingerprint density at radius 1 is 1.27 bits per heavy atom. The van der Waals surface area contributed by atoms with Crippen LogP contribution in [0.3, 0.4) is 0 Å². The van der Waals surface area contributed by atoms with Gasteiger partial charge in [0, 0.05) is 17.3 Å². The summed E-state index contributed by atoms with van der Waals surface area (Å²) in [6.45, 7) is 6.66. The molecule has 0 aliphatic heterocycles. The van der Waals surface area contributed by atoms with Crippen LogP contribution in [-0.2, 0) is 5.41 Å². The Kier molecular flexibility index (Phi) is 4.42. The Morgan fingerprint density at radius 3 is 2.60 bits per heavy atom. The lowest BCUT2D eigenvalue weighted by atomic mass is 9.86. The van der Waals surface area contributed by atoms with Gasteiger partial charge in [0.05, 0.1) is 0 Å². The van der Waals surface area contributed by atoms with Gasteiger partial charge < -0.3 is 0 Å². The molecule has 1 rings (SSSR count). The Bertz CT molecular complexity index is 374. The maximum atomic E-state index is 3.37. The molecule has 15 heavy (non-hydrogen) atoms. The van der Waals surface area contributed by atoms with Crippen LogP contribution >= 0.6 is 15.9 Å². The molecule has 0 heterocycles. The Labute approximate surface area is 101 Å². The van der Waals surface area contributed by atoms with Crippen LogP contribution in [0.5, 0.6) is 0 Å². The largest absolute Gasteiger partial charge is 0.0970 e. The molecule has 0 radical (unpaired) electrons. The van der Waals surface area contributed by atoms with Crippen molar-refractivity contribution in [2.75, 3.05) is 5.33 Å². The third-order valence-electron chi connectivity index (χ3n) is 2.18. The van der Waals surface area contributed by atoms with Gasteiger partial charge in [-0.15, -0.1) is 0 Å². The van der Waals surface area contributed by atoms with Gasteiger partial charge in [-0.2, -0.15) is 0 Å². The molecule has 0 spiro atoms. The number of halogens is 1. The zero-order valence-corrected chi connectivity index (χ0v) is 11.2. The highest BCUT2D eigenvalue weighted by Gasteiger charge is 2.12. The second-order valence-corrected chi connectivity index (χ2v) is 5.36. The fraction of sp³-hybridized carbons (Fsp3) is 0.429. The number of hydrogen-bond donors (Lipinski definition) is 0. The highest BCUT2D eigenvalue weighted by Crippen LogP contribution is 2.22. The molecule has 0 unspecified atom stereocenters. The molecule has 1 heteroatoms. The number of hydrogen-bond acceptors (Lipinski definition) is 0. The SMILES string of the molecule is CC(C)(C)c1cccc(C#CCCBr)c1. The molecule has 80 valence electrons. The van der Waals surface area contributed by atoms with E-state index in [0.717, 1.165) is 17.3 Å². The first kappa shape index (κ1) is 12.3. The summed E-state index contributed by atoms with van der Waals surface area (Å²) in [5, 5.41) is 0.943. The predicted molar refractivity (Wildman–Crippen MR) is 70.4 cm³/mol. The minimum absolute atomic E-state index is 0.202. The van der Waals surface area contributed by atoms with Gasteiger partial charge in [-0.05, 0) is 23.1 Å². The maximum Gasteiger partial charge on any atom is 0.0248 e.